The van der Waals surface area contributed by atoms with Crippen molar-refractivity contribution in [3.8, 4) is 18.2 Å². The van der Waals surface area contributed by atoms with Crippen molar-refractivity contribution in [2.75, 3.05) is 13.2 Å². The molecule has 0 aliphatic carbocycles. The third-order valence-electron chi connectivity index (χ3n) is 6.83. The van der Waals surface area contributed by atoms with Gasteiger partial charge >= 0.3 is 5.97 Å². The van der Waals surface area contributed by atoms with Crippen LogP contribution in [0.5, 0.6) is 5.75 Å². The number of carbonyl (C=O) groups is 2. The maximum absolute atomic E-state index is 13.6. The predicted octanol–water partition coefficient (Wildman–Crippen LogP) is 6.57. The molecule has 1 aliphatic heterocycles. The highest BCUT2D eigenvalue weighted by molar-refractivity contribution is 6.16. The summed E-state index contributed by atoms with van der Waals surface area (Å²) in [5.74, 6) is -0.547. The Morgan fingerprint density at radius 3 is 2.35 bits per heavy atom. The van der Waals surface area contributed by atoms with E-state index in [1.165, 1.54) is 6.92 Å². The first-order valence-electron chi connectivity index (χ1n) is 12.9. The minimum absolute atomic E-state index is 0. The quantitative estimate of drug-likeness (QED) is 0.0856. The molecular formula is C32H38N2O6. The molecule has 2 heterocycles. The van der Waals surface area contributed by atoms with Crippen molar-refractivity contribution < 1.29 is 34.3 Å². The van der Waals surface area contributed by atoms with E-state index in [0.29, 0.717) is 35.8 Å². The average molecular weight is 547 g/mol. The molecule has 3 aromatic carbocycles. The van der Waals surface area contributed by atoms with E-state index in [1.807, 2.05) is 57.2 Å². The van der Waals surface area contributed by atoms with E-state index < -0.39 is 11.8 Å². The van der Waals surface area contributed by atoms with Gasteiger partial charge in [-0.15, -0.1) is 0 Å². The van der Waals surface area contributed by atoms with Crippen LogP contribution in [-0.2, 0) is 19.1 Å². The Morgan fingerprint density at radius 2 is 1.75 bits per heavy atom. The number of aryl methyl sites for hydroxylation is 1. The Balaban J connectivity index is 0.00000242. The number of terminal acetylenes is 1. The third-order valence-corrected chi connectivity index (χ3v) is 6.83. The number of hydrogen-bond donors (Lipinski definition) is 0. The number of nitrogens with zero attached hydrogens (tertiary/aromatic N) is 2. The summed E-state index contributed by atoms with van der Waals surface area (Å²) in [7, 11) is 0. The topological polar surface area (TPSA) is 88.3 Å². The van der Waals surface area contributed by atoms with Crippen molar-refractivity contribution in [1.29, 1.82) is 0 Å². The van der Waals surface area contributed by atoms with E-state index in [9.17, 15) is 9.59 Å². The Morgan fingerprint density at radius 1 is 1.07 bits per heavy atom. The molecule has 8 nitrogen and oxygen atoms in total. The van der Waals surface area contributed by atoms with Gasteiger partial charge < -0.3 is 19.0 Å². The van der Waals surface area contributed by atoms with Gasteiger partial charge in [-0.25, -0.2) is 4.79 Å². The van der Waals surface area contributed by atoms with Crippen LogP contribution in [0, 0.1) is 19.4 Å². The van der Waals surface area contributed by atoms with E-state index in [0.717, 1.165) is 32.9 Å². The first-order chi connectivity index (χ1) is 19.1. The number of carbonyl (C=O) groups excluding carboxylic acids is 2. The molecule has 0 N–H and O–H groups in total. The van der Waals surface area contributed by atoms with E-state index in [1.54, 1.807) is 29.7 Å². The molecule has 1 aliphatic rings. The Bertz CT molecular complexity index is 1740. The minimum Gasteiger partial charge on any atom is -0.491 e. The van der Waals surface area contributed by atoms with Crippen molar-refractivity contribution in [1.82, 2.24) is 4.57 Å². The number of ether oxygens (including phenoxy) is 3. The van der Waals surface area contributed by atoms with Gasteiger partial charge in [0.25, 0.3) is 0 Å². The van der Waals surface area contributed by atoms with Gasteiger partial charge in [-0.3, -0.25) is 9.36 Å². The van der Waals surface area contributed by atoms with Crippen molar-refractivity contribution in [2.24, 2.45) is 5.16 Å². The lowest BCUT2D eigenvalue weighted by molar-refractivity contribution is -0.141. The summed E-state index contributed by atoms with van der Waals surface area (Å²) < 4.78 is 19.0. The zero-order valence-electron chi connectivity index (χ0n) is 23.1. The van der Waals surface area contributed by atoms with E-state index in [4.69, 9.17) is 25.5 Å². The highest BCUT2D eigenvalue weighted by atomic mass is 16.7. The number of aromatic nitrogens is 1. The van der Waals surface area contributed by atoms with Gasteiger partial charge in [0.1, 0.15) is 18.5 Å². The van der Waals surface area contributed by atoms with Gasteiger partial charge in [0, 0.05) is 40.6 Å². The van der Waals surface area contributed by atoms with Crippen molar-refractivity contribution in [2.45, 2.75) is 46.5 Å². The maximum Gasteiger partial charge on any atom is 0.331 e. The predicted molar refractivity (Wildman–Crippen MR) is 161 cm³/mol. The minimum atomic E-state index is -0.605. The van der Waals surface area contributed by atoms with Gasteiger partial charge in [-0.1, -0.05) is 17.6 Å². The van der Waals surface area contributed by atoms with E-state index >= 15 is 0 Å². The van der Waals surface area contributed by atoms with Crippen LogP contribution in [0.15, 0.2) is 59.8 Å². The second kappa shape index (κ2) is 10.6. The fraction of sp³-hybridized carbons (Fsp3) is 0.281. The first kappa shape index (κ1) is 27.1. The Kier molecular flexibility index (Phi) is 7.19. The second-order valence-electron chi connectivity index (χ2n) is 10.3. The largest absolute Gasteiger partial charge is 0.491 e. The van der Waals surface area contributed by atoms with Crippen molar-refractivity contribution >= 4 is 39.3 Å². The van der Waals surface area contributed by atoms with Gasteiger partial charge in [0.05, 0.1) is 23.4 Å². The lowest BCUT2D eigenvalue weighted by atomic mass is 9.97. The summed E-state index contributed by atoms with van der Waals surface area (Å²) in [5, 5.41) is 5.59. The molecule has 212 valence electrons. The fourth-order valence-electron chi connectivity index (χ4n) is 4.88. The van der Waals surface area contributed by atoms with Crippen LogP contribution in [0.25, 0.3) is 21.8 Å². The van der Waals surface area contributed by atoms with E-state index in [-0.39, 0.29) is 17.6 Å². The zero-order valence-corrected chi connectivity index (χ0v) is 23.1. The lowest BCUT2D eigenvalue weighted by Crippen LogP contribution is -2.25. The van der Waals surface area contributed by atoms with Crippen molar-refractivity contribution in [3.05, 3.63) is 76.9 Å². The molecule has 0 spiro atoms. The molecule has 1 fully saturated rings. The molecular weight excluding hydrogens is 508 g/mol. The Labute approximate surface area is 238 Å². The van der Waals surface area contributed by atoms with Crippen LogP contribution in [0.4, 0.5) is 0 Å². The van der Waals surface area contributed by atoms with Crippen LogP contribution < -0.4 is 4.74 Å². The summed E-state index contributed by atoms with van der Waals surface area (Å²) in [6, 6.07) is 19.3. The SMILES string of the molecule is C#Cn1c2ccc(C(=O)c3ccc(OCC4COC(C)(C)O4)cc3C)cc2c2cc(/C(C)=N/OC(C)=O)ccc21.[HH].[HH].[HH].[HH]. The van der Waals surface area contributed by atoms with Crippen LogP contribution in [0.3, 0.4) is 0 Å². The maximum atomic E-state index is 13.6. The molecule has 0 saturated carbocycles. The Hall–Kier alpha value is -4.45. The normalized spacial score (nSPS) is 16.7. The van der Waals surface area contributed by atoms with Crippen LogP contribution in [0.1, 0.15) is 60.4 Å². The number of ketones is 1. The second-order valence-corrected chi connectivity index (χ2v) is 10.3. The molecule has 1 unspecified atom stereocenters. The van der Waals surface area contributed by atoms with Crippen LogP contribution >= 0.6 is 0 Å². The molecule has 1 saturated heterocycles. The highest BCUT2D eigenvalue weighted by Gasteiger charge is 2.33. The lowest BCUT2D eigenvalue weighted by Gasteiger charge is -2.17. The van der Waals surface area contributed by atoms with Crippen LogP contribution in [-0.4, -0.2) is 47.1 Å². The standard InChI is InChI=1S/C32H30N2O6.4H2/c1-7-34-29-12-8-22(20(3)33-40-21(4)35)15-27(29)28-16-23(9-13-30(28)34)31(36)26-11-10-24(14-19(26)2)37-17-25-18-38-32(5,6)39-25;;;;/h1,8-16,25H,17-18H2,2-6H3;4*1H/b33-20+;;;;. The van der Waals surface area contributed by atoms with Gasteiger partial charge in [0.2, 0.25) is 0 Å². The fourth-order valence-corrected chi connectivity index (χ4v) is 4.88. The smallest absolute Gasteiger partial charge is 0.331 e. The molecule has 1 atom stereocenters. The van der Waals surface area contributed by atoms with Gasteiger partial charge in [-0.2, -0.15) is 0 Å². The summed E-state index contributed by atoms with van der Waals surface area (Å²) >= 11 is 0. The molecule has 0 bridgehead atoms. The monoisotopic (exact) mass is 546 g/mol. The molecule has 4 aromatic rings. The summed E-state index contributed by atoms with van der Waals surface area (Å²) in [6.45, 7) is 9.52. The number of benzene rings is 3. The zero-order chi connectivity index (χ0) is 28.6. The number of fused-ring (bicyclic) bond motifs is 3. The van der Waals surface area contributed by atoms with Crippen LogP contribution in [0.2, 0.25) is 0 Å². The molecule has 8 heteroatoms. The molecule has 1 aromatic heterocycles. The van der Waals surface area contributed by atoms with E-state index in [2.05, 4.69) is 11.2 Å². The third kappa shape index (κ3) is 5.34. The highest BCUT2D eigenvalue weighted by Crippen LogP contribution is 2.32. The van der Waals surface area contributed by atoms with Gasteiger partial charge in [-0.05, 0) is 87.4 Å². The molecule has 40 heavy (non-hydrogen) atoms. The molecule has 5 rings (SSSR count). The number of hydrogen-bond acceptors (Lipinski definition) is 7. The molecule has 0 amide bonds. The van der Waals surface area contributed by atoms with Gasteiger partial charge in [0.15, 0.2) is 11.6 Å². The van der Waals surface area contributed by atoms with Crippen molar-refractivity contribution in [3.63, 3.8) is 0 Å². The summed E-state index contributed by atoms with van der Waals surface area (Å²) in [5.41, 5.74) is 4.86. The number of oxime groups is 1. The number of rotatable bonds is 7. The first-order valence-corrected chi connectivity index (χ1v) is 12.9. The summed E-state index contributed by atoms with van der Waals surface area (Å²) in [6.07, 6.45) is 5.70. The summed E-state index contributed by atoms with van der Waals surface area (Å²) in [4.78, 5) is 29.6. The molecule has 0 radical (unpaired) electrons. The average Bonchev–Trinajstić information content (AvgIpc) is 3.45.